The highest BCUT2D eigenvalue weighted by Gasteiger charge is 2.28. The molecule has 0 radical (unpaired) electrons. The number of benzene rings is 6. The fourth-order valence-corrected chi connectivity index (χ4v) is 9.55. The van der Waals surface area contributed by atoms with Crippen molar-refractivity contribution in [1.82, 2.24) is 16.0 Å². The summed E-state index contributed by atoms with van der Waals surface area (Å²) in [5.74, 6) is -2.91. The Labute approximate surface area is 493 Å². The average molecular weight is 1150 g/mol. The van der Waals surface area contributed by atoms with E-state index in [1.807, 2.05) is 127 Å². The molecule has 0 saturated heterocycles. The number of hydrogen-bond acceptors (Lipinski definition) is 12. The van der Waals surface area contributed by atoms with Gasteiger partial charge in [-0.2, -0.15) is 0 Å². The lowest BCUT2D eigenvalue weighted by Gasteiger charge is -2.23. The van der Waals surface area contributed by atoms with Gasteiger partial charge < -0.3 is 66.3 Å². The third-order valence-electron chi connectivity index (χ3n) is 14.2. The van der Waals surface area contributed by atoms with Crippen LogP contribution in [0.5, 0.6) is 0 Å². The van der Waals surface area contributed by atoms with Crippen molar-refractivity contribution in [3.05, 3.63) is 197 Å². The van der Waals surface area contributed by atoms with Crippen molar-refractivity contribution in [2.45, 2.75) is 119 Å². The van der Waals surface area contributed by atoms with Crippen LogP contribution in [0.4, 0.5) is 17.1 Å². The summed E-state index contributed by atoms with van der Waals surface area (Å²) in [7, 11) is 0. The molecule has 0 spiro atoms. The van der Waals surface area contributed by atoms with Crippen LogP contribution < -0.4 is 66.3 Å². The molecule has 0 saturated carbocycles. The molecule has 0 unspecified atom stereocenters. The zero-order chi connectivity index (χ0) is 58.6. The molecule has 0 aliphatic carbocycles. The first kappa shape index (κ1) is 66.0. The molecular formula is C64H83ClN12O6. The highest BCUT2D eigenvalue weighted by molar-refractivity contribution is 5.99. The number of anilines is 3. The number of halogens is 1. The van der Waals surface area contributed by atoms with Crippen molar-refractivity contribution in [1.29, 1.82) is 0 Å². The molecule has 0 aromatic heterocycles. The minimum Gasteiger partial charge on any atom is -0.343 e. The first-order valence-electron chi connectivity index (χ1n) is 28.4. The Morgan fingerprint density at radius 1 is 0.325 bits per heavy atom. The maximum Gasteiger partial charge on any atom is 0.246 e. The number of amides is 6. The zero-order valence-electron chi connectivity index (χ0n) is 47.1. The smallest absolute Gasteiger partial charge is 0.246 e. The molecule has 6 aromatic rings. The standard InChI is InChI=1S/C64H82N12O6.ClH/c65-37-13-10-22-55(74-59(77)52(68)40-43-16-4-1-5-17-43)62(80)71-49-31-25-46(26-32-49)58(47-27-33-50(34-28-47)72-63(81)56(23-11-14-38-66)75-60(78)53(69)41-44-18-6-2-7-19-44)48-29-35-51(36-30-48)73-64(82)57(24-12-15-39-67)76-61(79)54(70)42-45-20-8-3-9-21-45;/h1-9,16-21,25-36,52-58H,10-15,22-24,37-42,65-70H2,(H,71,80)(H,72,81)(H,73,82)(H,74,77)(H,75,78)(H,76,79);1H/t52-,53-,54-,55-,56-,57-;/m0./s1. The van der Waals surface area contributed by atoms with E-state index in [0.29, 0.717) is 114 Å². The molecule has 6 atom stereocenters. The summed E-state index contributed by atoms with van der Waals surface area (Å²) >= 11 is 0. The maximum absolute atomic E-state index is 13.9. The Balaban J connectivity index is 0.0000126. The van der Waals surface area contributed by atoms with Crippen molar-refractivity contribution < 1.29 is 28.8 Å². The Morgan fingerprint density at radius 3 is 0.795 bits per heavy atom. The quantitative estimate of drug-likeness (QED) is 0.0176. The summed E-state index contributed by atoms with van der Waals surface area (Å²) in [6.07, 6.45) is 5.85. The number of carbonyl (C=O) groups excluding carboxylic acids is 6. The van der Waals surface area contributed by atoms with Crippen molar-refractivity contribution in [3.8, 4) is 0 Å². The van der Waals surface area contributed by atoms with Gasteiger partial charge in [0.25, 0.3) is 0 Å². The Hall–Kier alpha value is -7.81. The third kappa shape index (κ3) is 21.8. The van der Waals surface area contributed by atoms with E-state index in [0.717, 1.165) is 33.4 Å². The number of nitrogens with two attached hydrogens (primary N) is 6. The highest BCUT2D eigenvalue weighted by atomic mass is 35.5. The van der Waals surface area contributed by atoms with Gasteiger partial charge >= 0.3 is 0 Å². The summed E-state index contributed by atoms with van der Waals surface area (Å²) in [4.78, 5) is 81.7. The molecule has 0 aliphatic rings. The van der Waals surface area contributed by atoms with E-state index in [2.05, 4.69) is 31.9 Å². The molecule has 6 rings (SSSR count). The molecular weight excluding hydrogens is 1070 g/mol. The summed E-state index contributed by atoms with van der Waals surface area (Å²) in [5.41, 5.74) is 43.0. The van der Waals surface area contributed by atoms with Crippen LogP contribution in [0.3, 0.4) is 0 Å². The highest BCUT2D eigenvalue weighted by Crippen LogP contribution is 2.34. The molecule has 0 bridgehead atoms. The van der Waals surface area contributed by atoms with Gasteiger partial charge in [0, 0.05) is 23.0 Å². The molecule has 19 heteroatoms. The van der Waals surface area contributed by atoms with E-state index in [-0.39, 0.29) is 12.4 Å². The van der Waals surface area contributed by atoms with Crippen LogP contribution in [0.25, 0.3) is 0 Å². The van der Waals surface area contributed by atoms with E-state index in [1.54, 1.807) is 36.4 Å². The van der Waals surface area contributed by atoms with Gasteiger partial charge in [-0.1, -0.05) is 127 Å². The topological polar surface area (TPSA) is 331 Å². The second-order valence-corrected chi connectivity index (χ2v) is 20.7. The van der Waals surface area contributed by atoms with Gasteiger partial charge in [0.1, 0.15) is 18.1 Å². The van der Waals surface area contributed by atoms with Gasteiger partial charge in [-0.15, -0.1) is 12.4 Å². The van der Waals surface area contributed by atoms with E-state index in [9.17, 15) is 28.8 Å². The molecule has 6 aromatic carbocycles. The summed E-state index contributed by atoms with van der Waals surface area (Å²) < 4.78 is 0. The van der Waals surface area contributed by atoms with E-state index in [1.165, 1.54) is 0 Å². The lowest BCUT2D eigenvalue weighted by molar-refractivity contribution is -0.127. The SMILES string of the molecule is Cl.NCCCC[C@H](NC(=O)[C@@H](N)Cc1ccccc1)C(=O)Nc1ccc(C(c2ccc(NC(=O)[C@H](CCCCN)NC(=O)[C@@H](N)Cc3ccccc3)cc2)c2ccc(NC(=O)[C@H](CCCCN)NC(=O)[C@@H](N)Cc3ccccc3)cc2)cc1. The van der Waals surface area contributed by atoms with Crippen molar-refractivity contribution in [2.24, 2.45) is 34.4 Å². The normalized spacial score (nSPS) is 13.2. The first-order valence-corrected chi connectivity index (χ1v) is 28.4. The predicted molar refractivity (Wildman–Crippen MR) is 332 cm³/mol. The van der Waals surface area contributed by atoms with E-state index >= 15 is 0 Å². The number of nitrogens with one attached hydrogen (secondary N) is 6. The van der Waals surface area contributed by atoms with Crippen molar-refractivity contribution in [3.63, 3.8) is 0 Å². The van der Waals surface area contributed by atoms with Gasteiger partial charge in [0.05, 0.1) is 18.1 Å². The fourth-order valence-electron chi connectivity index (χ4n) is 9.55. The molecule has 6 amide bonds. The van der Waals surface area contributed by atoms with Gasteiger partial charge in [-0.25, -0.2) is 0 Å². The van der Waals surface area contributed by atoms with Gasteiger partial charge in [0.15, 0.2) is 0 Å². The van der Waals surface area contributed by atoms with E-state index in [4.69, 9.17) is 34.4 Å². The van der Waals surface area contributed by atoms with Crippen LogP contribution in [0.2, 0.25) is 0 Å². The lowest BCUT2D eigenvalue weighted by atomic mass is 9.85. The van der Waals surface area contributed by atoms with Crippen LogP contribution in [-0.2, 0) is 48.0 Å². The lowest BCUT2D eigenvalue weighted by Crippen LogP contribution is -2.50. The van der Waals surface area contributed by atoms with Crippen LogP contribution in [0.1, 0.15) is 97.1 Å². The number of carbonyl (C=O) groups is 6. The number of rotatable bonds is 33. The minimum atomic E-state index is -0.865. The third-order valence-corrected chi connectivity index (χ3v) is 14.2. The Morgan fingerprint density at radius 2 is 0.566 bits per heavy atom. The second-order valence-electron chi connectivity index (χ2n) is 20.7. The molecule has 0 heterocycles. The van der Waals surface area contributed by atoms with Gasteiger partial charge in [0.2, 0.25) is 35.4 Å². The summed E-state index contributed by atoms with van der Waals surface area (Å²) in [5, 5.41) is 17.6. The molecule has 0 fully saturated rings. The number of hydrogen-bond donors (Lipinski definition) is 12. The van der Waals surface area contributed by atoms with Gasteiger partial charge in [-0.05, 0) is 166 Å². The monoisotopic (exact) mass is 1150 g/mol. The minimum absolute atomic E-state index is 0. The van der Waals surface area contributed by atoms with E-state index < -0.39 is 77.6 Å². The maximum atomic E-state index is 13.9. The molecule has 18 nitrogen and oxygen atoms in total. The predicted octanol–water partition coefficient (Wildman–Crippen LogP) is 5.66. The molecule has 18 N–H and O–H groups in total. The number of unbranched alkanes of at least 4 members (excludes halogenated alkanes) is 3. The molecule has 0 aliphatic heterocycles. The summed E-state index contributed by atoms with van der Waals surface area (Å²) in [6, 6.07) is 45.3. The van der Waals surface area contributed by atoms with Crippen molar-refractivity contribution in [2.75, 3.05) is 35.6 Å². The largest absolute Gasteiger partial charge is 0.343 e. The Bertz CT molecular complexity index is 2610. The van der Waals surface area contributed by atoms with Gasteiger partial charge in [-0.3, -0.25) is 28.8 Å². The Kier molecular flexibility index (Phi) is 28.0. The van der Waals surface area contributed by atoms with Crippen LogP contribution >= 0.6 is 12.4 Å². The second kappa shape index (κ2) is 35.2. The molecule has 442 valence electrons. The zero-order valence-corrected chi connectivity index (χ0v) is 47.9. The average Bonchev–Trinajstić information content (AvgIpc) is 3.69. The van der Waals surface area contributed by atoms with Crippen LogP contribution in [0.15, 0.2) is 164 Å². The van der Waals surface area contributed by atoms with Crippen LogP contribution in [-0.4, -0.2) is 91.3 Å². The summed E-state index contributed by atoms with van der Waals surface area (Å²) in [6.45, 7) is 1.32. The first-order chi connectivity index (χ1) is 39.7. The fraction of sp³-hybridized carbons (Fsp3) is 0.344. The molecule has 83 heavy (non-hydrogen) atoms. The van der Waals surface area contributed by atoms with Crippen LogP contribution in [0, 0.1) is 0 Å². The van der Waals surface area contributed by atoms with Crippen molar-refractivity contribution >= 4 is 64.9 Å².